The first-order chi connectivity index (χ1) is 7.81. The highest BCUT2D eigenvalue weighted by Gasteiger charge is 2.30. The van der Waals surface area contributed by atoms with E-state index in [2.05, 4.69) is 21.1 Å². The van der Waals surface area contributed by atoms with Crippen LogP contribution in [0.4, 0.5) is 4.79 Å². The maximum atomic E-state index is 11.8. The van der Waals surface area contributed by atoms with Gasteiger partial charge in [0, 0.05) is 19.5 Å². The van der Waals surface area contributed by atoms with Gasteiger partial charge in [-0.05, 0) is 49.0 Å². The van der Waals surface area contributed by atoms with Crippen molar-refractivity contribution in [3.63, 3.8) is 0 Å². The van der Waals surface area contributed by atoms with Gasteiger partial charge in [0.15, 0.2) is 0 Å². The maximum absolute atomic E-state index is 11.8. The lowest BCUT2D eigenvalue weighted by atomic mass is 10.1. The molecule has 1 atom stereocenters. The third-order valence-electron chi connectivity index (χ3n) is 2.50. The van der Waals surface area contributed by atoms with Crippen LogP contribution in [0.5, 0.6) is 0 Å². The van der Waals surface area contributed by atoms with Crippen molar-refractivity contribution >= 4 is 26.6 Å². The molecule has 5 nitrogen and oxygen atoms in total. The number of hydrogen-bond acceptors (Lipinski definition) is 4. The second-order valence-corrected chi connectivity index (χ2v) is 6.18. The lowest BCUT2D eigenvalue weighted by molar-refractivity contribution is 0.0288. The predicted molar refractivity (Wildman–Crippen MR) is 68.7 cm³/mol. The number of hydrogen-bond donors (Lipinski definition) is 1. The average molecular weight is 307 g/mol. The van der Waals surface area contributed by atoms with Crippen LogP contribution in [0.3, 0.4) is 0 Å². The Morgan fingerprint density at radius 3 is 2.76 bits per heavy atom. The van der Waals surface area contributed by atoms with Crippen molar-refractivity contribution in [2.75, 3.05) is 13.1 Å². The molecule has 0 aromatic carbocycles. The third-order valence-corrected chi connectivity index (χ3v) is 2.99. The topological polar surface area (TPSA) is 62.1 Å². The molecule has 1 rings (SSSR count). The van der Waals surface area contributed by atoms with E-state index in [1.807, 2.05) is 20.8 Å². The summed E-state index contributed by atoms with van der Waals surface area (Å²) in [6.45, 7) is 6.92. The van der Waals surface area contributed by atoms with Crippen LogP contribution >= 0.6 is 15.9 Å². The Hall–Kier alpha value is -0.780. The van der Waals surface area contributed by atoms with Crippen molar-refractivity contribution in [3.8, 4) is 0 Å². The van der Waals surface area contributed by atoms with Crippen LogP contribution < -0.4 is 0 Å². The standard InChI is InChI=1S/C11H19BrN2O3/c1-11(2,3)17-10(15)14-5-4-8(7-14)6-9(12)13-16/h8,16H,4-7H2,1-3H3/b13-9+. The molecule has 0 aromatic heterocycles. The Kier molecular flexibility index (Phi) is 4.80. The molecule has 0 aliphatic carbocycles. The summed E-state index contributed by atoms with van der Waals surface area (Å²) in [5.41, 5.74) is -0.456. The molecule has 1 N–H and O–H groups in total. The van der Waals surface area contributed by atoms with Crippen molar-refractivity contribution in [3.05, 3.63) is 0 Å². The SMILES string of the molecule is CC(C)(C)OC(=O)N1CCC(C/C(Br)=N\O)C1. The van der Waals surface area contributed by atoms with E-state index in [1.165, 1.54) is 0 Å². The highest BCUT2D eigenvalue weighted by atomic mass is 79.9. The van der Waals surface area contributed by atoms with E-state index in [9.17, 15) is 4.79 Å². The number of likely N-dealkylation sites (tertiary alicyclic amines) is 1. The van der Waals surface area contributed by atoms with Gasteiger partial charge in [0.25, 0.3) is 0 Å². The summed E-state index contributed by atoms with van der Waals surface area (Å²) >= 11 is 3.16. The summed E-state index contributed by atoms with van der Waals surface area (Å²) < 4.78 is 5.82. The van der Waals surface area contributed by atoms with Crippen molar-refractivity contribution in [2.24, 2.45) is 11.1 Å². The summed E-state index contributed by atoms with van der Waals surface area (Å²) in [6.07, 6.45) is 1.29. The third kappa shape index (κ3) is 4.93. The van der Waals surface area contributed by atoms with Crippen molar-refractivity contribution in [1.82, 2.24) is 4.90 Å². The monoisotopic (exact) mass is 306 g/mol. The molecule has 1 aliphatic rings. The van der Waals surface area contributed by atoms with E-state index in [0.29, 0.717) is 30.0 Å². The Balaban J connectivity index is 2.42. The van der Waals surface area contributed by atoms with E-state index in [1.54, 1.807) is 4.90 Å². The minimum Gasteiger partial charge on any atom is -0.444 e. The van der Waals surface area contributed by atoms with Gasteiger partial charge in [-0.3, -0.25) is 0 Å². The number of oxime groups is 1. The number of nitrogens with zero attached hydrogens (tertiary/aromatic N) is 2. The van der Waals surface area contributed by atoms with Crippen LogP contribution in [-0.2, 0) is 4.74 Å². The largest absolute Gasteiger partial charge is 0.444 e. The number of halogens is 1. The van der Waals surface area contributed by atoms with Crippen LogP contribution in [0.15, 0.2) is 5.16 Å². The summed E-state index contributed by atoms with van der Waals surface area (Å²) in [6, 6.07) is 0. The molecular formula is C11H19BrN2O3. The fraction of sp³-hybridized carbons (Fsp3) is 0.818. The predicted octanol–water partition coefficient (Wildman–Crippen LogP) is 2.82. The Labute approximate surface area is 110 Å². The molecular weight excluding hydrogens is 288 g/mol. The van der Waals surface area contributed by atoms with Crippen molar-refractivity contribution < 1.29 is 14.7 Å². The molecule has 0 spiro atoms. The van der Waals surface area contributed by atoms with Crippen LogP contribution in [0.1, 0.15) is 33.6 Å². The Morgan fingerprint density at radius 2 is 2.24 bits per heavy atom. The molecule has 6 heteroatoms. The lowest BCUT2D eigenvalue weighted by Gasteiger charge is -2.24. The van der Waals surface area contributed by atoms with E-state index < -0.39 is 5.60 Å². The molecule has 98 valence electrons. The molecule has 1 heterocycles. The number of rotatable bonds is 2. The zero-order valence-corrected chi connectivity index (χ0v) is 12.0. The highest BCUT2D eigenvalue weighted by Crippen LogP contribution is 2.23. The summed E-state index contributed by atoms with van der Waals surface area (Å²) in [5, 5.41) is 11.6. The average Bonchev–Trinajstić information content (AvgIpc) is 2.63. The molecule has 1 amide bonds. The van der Waals surface area contributed by atoms with Crippen molar-refractivity contribution in [2.45, 2.75) is 39.2 Å². The van der Waals surface area contributed by atoms with Gasteiger partial charge in [0.1, 0.15) is 10.2 Å². The fourth-order valence-corrected chi connectivity index (χ4v) is 2.23. The van der Waals surface area contributed by atoms with Crippen LogP contribution in [0.25, 0.3) is 0 Å². The summed E-state index contributed by atoms with van der Waals surface area (Å²) in [7, 11) is 0. The zero-order chi connectivity index (χ0) is 13.1. The van der Waals surface area contributed by atoms with Gasteiger partial charge in [0.05, 0.1) is 0 Å². The second-order valence-electron chi connectivity index (χ2n) is 5.26. The molecule has 1 aliphatic heterocycles. The molecule has 0 radical (unpaired) electrons. The highest BCUT2D eigenvalue weighted by molar-refractivity contribution is 9.18. The van der Waals surface area contributed by atoms with Gasteiger partial charge in [-0.15, -0.1) is 0 Å². The first-order valence-electron chi connectivity index (χ1n) is 5.66. The smallest absolute Gasteiger partial charge is 0.410 e. The first kappa shape index (κ1) is 14.3. The van der Waals surface area contributed by atoms with Gasteiger partial charge in [0.2, 0.25) is 0 Å². The van der Waals surface area contributed by atoms with E-state index in [-0.39, 0.29) is 6.09 Å². The van der Waals surface area contributed by atoms with E-state index in [4.69, 9.17) is 9.94 Å². The second kappa shape index (κ2) is 5.71. The van der Waals surface area contributed by atoms with Gasteiger partial charge in [-0.2, -0.15) is 0 Å². The van der Waals surface area contributed by atoms with Gasteiger partial charge in [-0.1, -0.05) is 5.16 Å². The minimum absolute atomic E-state index is 0.267. The molecule has 0 aromatic rings. The molecule has 1 fully saturated rings. The molecule has 1 saturated heterocycles. The van der Waals surface area contributed by atoms with Gasteiger partial charge < -0.3 is 14.8 Å². The summed E-state index contributed by atoms with van der Waals surface area (Å²) in [4.78, 5) is 13.5. The fourth-order valence-electron chi connectivity index (χ4n) is 1.77. The normalized spacial score (nSPS) is 21.8. The quantitative estimate of drug-likeness (QED) is 0.485. The maximum Gasteiger partial charge on any atom is 0.410 e. The summed E-state index contributed by atoms with van der Waals surface area (Å²) in [5.74, 6) is 0.327. The number of amides is 1. The molecule has 1 unspecified atom stereocenters. The van der Waals surface area contributed by atoms with Crippen LogP contribution in [0, 0.1) is 5.92 Å². The molecule has 0 bridgehead atoms. The Bertz CT molecular complexity index is 312. The minimum atomic E-state index is -0.456. The number of carbonyl (C=O) groups is 1. The first-order valence-corrected chi connectivity index (χ1v) is 6.45. The zero-order valence-electron chi connectivity index (χ0n) is 10.4. The van der Waals surface area contributed by atoms with Crippen molar-refractivity contribution in [1.29, 1.82) is 0 Å². The molecule has 0 saturated carbocycles. The van der Waals surface area contributed by atoms with Crippen LogP contribution in [0.2, 0.25) is 0 Å². The lowest BCUT2D eigenvalue weighted by Crippen LogP contribution is -2.35. The number of carbonyl (C=O) groups excluding carboxylic acids is 1. The van der Waals surface area contributed by atoms with E-state index >= 15 is 0 Å². The van der Waals surface area contributed by atoms with Gasteiger partial charge >= 0.3 is 6.09 Å². The van der Waals surface area contributed by atoms with Crippen LogP contribution in [-0.4, -0.2) is 39.5 Å². The number of ether oxygens (including phenoxy) is 1. The van der Waals surface area contributed by atoms with E-state index in [0.717, 1.165) is 6.42 Å². The Morgan fingerprint density at radius 1 is 1.59 bits per heavy atom. The molecule has 17 heavy (non-hydrogen) atoms. The van der Waals surface area contributed by atoms with Gasteiger partial charge in [-0.25, -0.2) is 4.79 Å².